The maximum Gasteiger partial charge on any atom is 0.243 e. The molecule has 0 heterocycles. The third-order valence-corrected chi connectivity index (χ3v) is 2.53. The third-order valence-electron chi connectivity index (χ3n) is 2.53. The van der Waals surface area contributed by atoms with Gasteiger partial charge in [0.25, 0.3) is 0 Å². The van der Waals surface area contributed by atoms with E-state index >= 15 is 0 Å². The summed E-state index contributed by atoms with van der Waals surface area (Å²) in [5.41, 5.74) is 6.45. The molecule has 1 aromatic carbocycles. The van der Waals surface area contributed by atoms with E-state index in [9.17, 15) is 4.79 Å². The highest BCUT2D eigenvalue weighted by Crippen LogP contribution is 2.26. The highest BCUT2D eigenvalue weighted by molar-refractivity contribution is 5.97. The summed E-state index contributed by atoms with van der Waals surface area (Å²) in [6.07, 6.45) is 0.623. The summed E-state index contributed by atoms with van der Waals surface area (Å²) in [4.78, 5) is 13.4. The van der Waals surface area contributed by atoms with E-state index in [0.717, 1.165) is 5.69 Å². The van der Waals surface area contributed by atoms with Crippen LogP contribution in [0.4, 0.5) is 5.69 Å². The number of likely N-dealkylation sites (N-methyl/N-ethyl adjacent to an activating group) is 1. The molecule has 88 valence electrons. The lowest BCUT2D eigenvalue weighted by molar-refractivity contribution is -0.119. The fourth-order valence-electron chi connectivity index (χ4n) is 1.45. The number of anilines is 1. The van der Waals surface area contributed by atoms with Gasteiger partial charge in [0.1, 0.15) is 5.75 Å². The van der Waals surface area contributed by atoms with Crippen molar-refractivity contribution in [3.63, 3.8) is 0 Å². The Morgan fingerprint density at radius 2 is 2.12 bits per heavy atom. The highest BCUT2D eigenvalue weighted by atomic mass is 16.5. The van der Waals surface area contributed by atoms with Gasteiger partial charge >= 0.3 is 0 Å². The molecule has 0 aliphatic rings. The number of nitrogens with two attached hydrogens (primary N) is 1. The van der Waals surface area contributed by atoms with Crippen molar-refractivity contribution in [3.05, 3.63) is 24.3 Å². The lowest BCUT2D eigenvalue weighted by Gasteiger charge is -2.22. The number of ether oxygens (including phenoxy) is 1. The number of hydrogen-bond donors (Lipinski definition) is 1. The first-order valence-electron chi connectivity index (χ1n) is 5.28. The molecule has 0 fully saturated rings. The fourth-order valence-corrected chi connectivity index (χ4v) is 1.45. The Labute approximate surface area is 96.0 Å². The average Bonchev–Trinajstić information content (AvgIpc) is 2.35. The molecule has 0 saturated heterocycles. The lowest BCUT2D eigenvalue weighted by Crippen LogP contribution is -2.41. The summed E-state index contributed by atoms with van der Waals surface area (Å²) in [5, 5.41) is 0. The molecule has 0 spiro atoms. The topological polar surface area (TPSA) is 55.6 Å². The molecular formula is C12H18N2O2. The van der Waals surface area contributed by atoms with E-state index in [1.54, 1.807) is 14.2 Å². The number of nitrogens with zero attached hydrogens (tertiary/aromatic N) is 1. The van der Waals surface area contributed by atoms with Crippen molar-refractivity contribution in [2.75, 3.05) is 19.1 Å². The molecule has 0 saturated carbocycles. The van der Waals surface area contributed by atoms with Crippen LogP contribution in [0.3, 0.4) is 0 Å². The van der Waals surface area contributed by atoms with Gasteiger partial charge in [-0.05, 0) is 18.6 Å². The van der Waals surface area contributed by atoms with E-state index in [0.29, 0.717) is 12.2 Å². The van der Waals surface area contributed by atoms with Crippen molar-refractivity contribution >= 4 is 11.6 Å². The van der Waals surface area contributed by atoms with Crippen LogP contribution in [-0.2, 0) is 4.79 Å². The minimum absolute atomic E-state index is 0.105. The summed E-state index contributed by atoms with van der Waals surface area (Å²) in [7, 11) is 3.28. The van der Waals surface area contributed by atoms with Gasteiger partial charge in [-0.25, -0.2) is 0 Å². The Kier molecular flexibility index (Phi) is 4.31. The van der Waals surface area contributed by atoms with Crippen molar-refractivity contribution in [3.8, 4) is 5.75 Å². The van der Waals surface area contributed by atoms with Gasteiger partial charge in [-0.15, -0.1) is 0 Å². The molecule has 0 radical (unpaired) electrons. The first-order chi connectivity index (χ1) is 7.61. The zero-order valence-electron chi connectivity index (χ0n) is 9.93. The lowest BCUT2D eigenvalue weighted by atomic mass is 10.2. The maximum absolute atomic E-state index is 11.9. The van der Waals surface area contributed by atoms with Crippen LogP contribution in [0.1, 0.15) is 13.3 Å². The quantitative estimate of drug-likeness (QED) is 0.837. The van der Waals surface area contributed by atoms with E-state index in [2.05, 4.69) is 0 Å². The second-order valence-electron chi connectivity index (χ2n) is 3.58. The number of carbonyl (C=O) groups is 1. The third kappa shape index (κ3) is 2.52. The van der Waals surface area contributed by atoms with E-state index in [1.807, 2.05) is 31.2 Å². The van der Waals surface area contributed by atoms with E-state index in [-0.39, 0.29) is 5.91 Å². The minimum Gasteiger partial charge on any atom is -0.495 e. The minimum atomic E-state index is -0.463. The number of rotatable bonds is 4. The molecule has 0 aromatic heterocycles. The number of para-hydroxylation sites is 2. The zero-order valence-corrected chi connectivity index (χ0v) is 9.93. The first kappa shape index (κ1) is 12.5. The molecule has 0 aliphatic carbocycles. The van der Waals surface area contributed by atoms with Crippen LogP contribution < -0.4 is 15.4 Å². The molecule has 0 aliphatic heterocycles. The maximum atomic E-state index is 11.9. The van der Waals surface area contributed by atoms with Crippen molar-refractivity contribution < 1.29 is 9.53 Å². The zero-order chi connectivity index (χ0) is 12.1. The summed E-state index contributed by atoms with van der Waals surface area (Å²) >= 11 is 0. The van der Waals surface area contributed by atoms with E-state index in [1.165, 1.54) is 4.90 Å². The monoisotopic (exact) mass is 222 g/mol. The molecule has 1 aromatic rings. The van der Waals surface area contributed by atoms with Gasteiger partial charge in [0.05, 0.1) is 18.8 Å². The molecule has 4 nitrogen and oxygen atoms in total. The standard InChI is InChI=1S/C12H18N2O2/c1-4-9(13)12(15)14(2)10-7-5-6-8-11(10)16-3/h5-9H,4,13H2,1-3H3/t9-/m0/s1. The molecule has 1 atom stereocenters. The number of methoxy groups -OCH3 is 1. The van der Waals surface area contributed by atoms with Crippen molar-refractivity contribution in [2.45, 2.75) is 19.4 Å². The van der Waals surface area contributed by atoms with Crippen LogP contribution in [0.5, 0.6) is 5.75 Å². The van der Waals surface area contributed by atoms with Crippen LogP contribution in [0.15, 0.2) is 24.3 Å². The van der Waals surface area contributed by atoms with Gasteiger partial charge in [-0.1, -0.05) is 19.1 Å². The van der Waals surface area contributed by atoms with E-state index in [4.69, 9.17) is 10.5 Å². The molecule has 16 heavy (non-hydrogen) atoms. The smallest absolute Gasteiger partial charge is 0.243 e. The Bertz CT molecular complexity index is 366. The molecule has 0 unspecified atom stereocenters. The van der Waals surface area contributed by atoms with Crippen molar-refractivity contribution in [1.82, 2.24) is 0 Å². The fraction of sp³-hybridized carbons (Fsp3) is 0.417. The van der Waals surface area contributed by atoms with Crippen LogP contribution in [0.2, 0.25) is 0 Å². The number of amides is 1. The van der Waals surface area contributed by atoms with Gasteiger partial charge in [0.2, 0.25) is 5.91 Å². The van der Waals surface area contributed by atoms with Gasteiger partial charge in [-0.3, -0.25) is 4.79 Å². The number of hydrogen-bond acceptors (Lipinski definition) is 3. The first-order valence-corrected chi connectivity index (χ1v) is 5.28. The Hall–Kier alpha value is -1.55. The van der Waals surface area contributed by atoms with Crippen LogP contribution >= 0.6 is 0 Å². The van der Waals surface area contributed by atoms with Crippen molar-refractivity contribution in [2.24, 2.45) is 5.73 Å². The predicted octanol–water partition coefficient (Wildman–Crippen LogP) is 1.40. The summed E-state index contributed by atoms with van der Waals surface area (Å²) in [5.74, 6) is 0.564. The largest absolute Gasteiger partial charge is 0.495 e. The molecular weight excluding hydrogens is 204 g/mol. The second-order valence-corrected chi connectivity index (χ2v) is 3.58. The molecule has 1 rings (SSSR count). The predicted molar refractivity (Wildman–Crippen MR) is 64.7 cm³/mol. The van der Waals surface area contributed by atoms with Crippen LogP contribution in [0, 0.1) is 0 Å². The average molecular weight is 222 g/mol. The molecule has 2 N–H and O–H groups in total. The highest BCUT2D eigenvalue weighted by Gasteiger charge is 2.19. The SMILES string of the molecule is CC[C@H](N)C(=O)N(C)c1ccccc1OC. The van der Waals surface area contributed by atoms with Gasteiger partial charge in [-0.2, -0.15) is 0 Å². The Morgan fingerprint density at radius 1 is 1.50 bits per heavy atom. The van der Waals surface area contributed by atoms with Crippen LogP contribution in [-0.4, -0.2) is 26.1 Å². The summed E-state index contributed by atoms with van der Waals surface area (Å²) < 4.78 is 5.20. The number of carbonyl (C=O) groups excluding carboxylic acids is 1. The van der Waals surface area contributed by atoms with Gasteiger partial charge < -0.3 is 15.4 Å². The van der Waals surface area contributed by atoms with Gasteiger partial charge in [0, 0.05) is 7.05 Å². The molecule has 0 bridgehead atoms. The van der Waals surface area contributed by atoms with E-state index < -0.39 is 6.04 Å². The molecule has 4 heteroatoms. The van der Waals surface area contributed by atoms with Crippen molar-refractivity contribution in [1.29, 1.82) is 0 Å². The Morgan fingerprint density at radius 3 is 2.69 bits per heavy atom. The summed E-state index contributed by atoms with van der Waals surface area (Å²) in [6.45, 7) is 1.89. The normalized spacial score (nSPS) is 12.0. The summed E-state index contributed by atoms with van der Waals surface area (Å²) in [6, 6.07) is 6.91. The Balaban J connectivity index is 2.95. The number of benzene rings is 1. The second kappa shape index (κ2) is 5.51. The van der Waals surface area contributed by atoms with Crippen LogP contribution in [0.25, 0.3) is 0 Å². The molecule has 1 amide bonds. The van der Waals surface area contributed by atoms with Gasteiger partial charge in [0.15, 0.2) is 0 Å².